The summed E-state index contributed by atoms with van der Waals surface area (Å²) >= 11 is 0. The van der Waals surface area contributed by atoms with Gasteiger partial charge in [0.15, 0.2) is 0 Å². The highest BCUT2D eigenvalue weighted by atomic mass is 16.5. The summed E-state index contributed by atoms with van der Waals surface area (Å²) in [7, 11) is 1.51. The molecule has 17 heavy (non-hydrogen) atoms. The molecule has 0 saturated carbocycles. The van der Waals surface area contributed by atoms with Crippen LogP contribution in [0.3, 0.4) is 0 Å². The summed E-state index contributed by atoms with van der Waals surface area (Å²) in [6, 6.07) is 16.2. The summed E-state index contributed by atoms with van der Waals surface area (Å²) in [5.74, 6) is 0.195. The number of aryl methyl sites for hydroxylation is 1. The van der Waals surface area contributed by atoms with E-state index in [0.717, 1.165) is 11.1 Å². The minimum Gasteiger partial charge on any atom is -0.481 e. The summed E-state index contributed by atoms with van der Waals surface area (Å²) < 4.78 is 4.88. The quantitative estimate of drug-likeness (QED) is 0.614. The number of nitrogens with one attached hydrogen (secondary N) is 1. The molecule has 0 saturated heterocycles. The molecule has 1 N–H and O–H groups in total. The molecule has 0 radical (unpaired) electrons. The van der Waals surface area contributed by atoms with Crippen LogP contribution >= 0.6 is 0 Å². The van der Waals surface area contributed by atoms with Crippen LogP contribution in [-0.2, 0) is 4.74 Å². The number of methoxy groups -OCH3 is 1. The lowest BCUT2D eigenvalue weighted by molar-refractivity contribution is 0.401. The smallest absolute Gasteiger partial charge is 0.212 e. The van der Waals surface area contributed by atoms with Gasteiger partial charge in [0.2, 0.25) is 5.90 Å². The van der Waals surface area contributed by atoms with Crippen molar-refractivity contribution in [3.05, 3.63) is 59.7 Å². The summed E-state index contributed by atoms with van der Waals surface area (Å²) in [5.41, 5.74) is 4.39. The van der Waals surface area contributed by atoms with Gasteiger partial charge < -0.3 is 4.74 Å². The maximum absolute atomic E-state index is 7.56. The molecule has 0 aliphatic rings. The highest BCUT2D eigenvalue weighted by Gasteiger charge is 2.01. The molecule has 0 aromatic heterocycles. The maximum atomic E-state index is 7.56. The van der Waals surface area contributed by atoms with Crippen molar-refractivity contribution in [2.24, 2.45) is 0 Å². The molecule has 0 unspecified atom stereocenters. The van der Waals surface area contributed by atoms with E-state index in [2.05, 4.69) is 31.2 Å². The largest absolute Gasteiger partial charge is 0.481 e. The van der Waals surface area contributed by atoms with Gasteiger partial charge in [-0.25, -0.2) is 0 Å². The third-order valence-corrected chi connectivity index (χ3v) is 2.74. The lowest BCUT2D eigenvalue weighted by atomic mass is 10.0. The van der Waals surface area contributed by atoms with Gasteiger partial charge in [0.05, 0.1) is 7.11 Å². The number of ether oxygens (including phenoxy) is 1. The molecule has 0 spiro atoms. The first-order valence-corrected chi connectivity index (χ1v) is 5.51. The summed E-state index contributed by atoms with van der Waals surface area (Å²) in [6.45, 7) is 2.08. The molecule has 2 aromatic rings. The number of benzene rings is 2. The molecule has 0 atom stereocenters. The minimum absolute atomic E-state index is 0.195. The Morgan fingerprint density at radius 3 is 1.82 bits per heavy atom. The number of rotatable bonds is 2. The molecule has 0 aliphatic carbocycles. The number of hydrogen-bond acceptors (Lipinski definition) is 2. The van der Waals surface area contributed by atoms with E-state index in [4.69, 9.17) is 10.1 Å². The van der Waals surface area contributed by atoms with E-state index in [0.29, 0.717) is 0 Å². The standard InChI is InChI=1S/C15H15NO/c1-11-3-5-12(6-4-11)13-7-9-14(10-8-13)15(16)17-2/h3-10,16H,1-2H3. The lowest BCUT2D eigenvalue weighted by Crippen LogP contribution is -2.00. The third kappa shape index (κ3) is 2.53. The normalized spacial score (nSPS) is 10.0. The Morgan fingerprint density at radius 1 is 0.882 bits per heavy atom. The van der Waals surface area contributed by atoms with Gasteiger partial charge in [-0.15, -0.1) is 0 Å². The summed E-state index contributed by atoms with van der Waals surface area (Å²) in [4.78, 5) is 0. The Kier molecular flexibility index (Phi) is 3.24. The van der Waals surface area contributed by atoms with E-state index in [-0.39, 0.29) is 5.90 Å². The molecule has 86 valence electrons. The second kappa shape index (κ2) is 4.83. The lowest BCUT2D eigenvalue weighted by Gasteiger charge is -2.05. The minimum atomic E-state index is 0.195. The van der Waals surface area contributed by atoms with Gasteiger partial charge in [0.1, 0.15) is 0 Å². The zero-order valence-electron chi connectivity index (χ0n) is 10.0. The van der Waals surface area contributed by atoms with Crippen molar-refractivity contribution in [2.45, 2.75) is 6.92 Å². The molecular formula is C15H15NO. The van der Waals surface area contributed by atoms with Crippen LogP contribution in [0.5, 0.6) is 0 Å². The van der Waals surface area contributed by atoms with Crippen molar-refractivity contribution in [2.75, 3.05) is 7.11 Å². The zero-order valence-corrected chi connectivity index (χ0v) is 10.0. The molecule has 2 rings (SSSR count). The van der Waals surface area contributed by atoms with Crippen molar-refractivity contribution in [1.82, 2.24) is 0 Å². The fraction of sp³-hybridized carbons (Fsp3) is 0.133. The van der Waals surface area contributed by atoms with Gasteiger partial charge in [-0.2, -0.15) is 0 Å². The van der Waals surface area contributed by atoms with Crippen LogP contribution in [0.25, 0.3) is 11.1 Å². The molecular weight excluding hydrogens is 210 g/mol. The van der Waals surface area contributed by atoms with Crippen LogP contribution in [0.4, 0.5) is 0 Å². The van der Waals surface area contributed by atoms with Gasteiger partial charge in [0, 0.05) is 5.56 Å². The first kappa shape index (κ1) is 11.4. The average Bonchev–Trinajstić information content (AvgIpc) is 2.39. The van der Waals surface area contributed by atoms with Crippen molar-refractivity contribution >= 4 is 5.90 Å². The molecule has 0 amide bonds. The molecule has 0 fully saturated rings. The monoisotopic (exact) mass is 225 g/mol. The van der Waals surface area contributed by atoms with Crippen molar-refractivity contribution in [3.8, 4) is 11.1 Å². The Balaban J connectivity index is 2.29. The molecule has 2 aromatic carbocycles. The molecule has 0 aliphatic heterocycles. The Morgan fingerprint density at radius 2 is 1.35 bits per heavy atom. The second-order valence-corrected chi connectivity index (χ2v) is 3.98. The van der Waals surface area contributed by atoms with E-state index < -0.39 is 0 Å². The Bertz CT molecular complexity index is 512. The summed E-state index contributed by atoms with van der Waals surface area (Å²) in [6.07, 6.45) is 0. The van der Waals surface area contributed by atoms with Crippen LogP contribution in [-0.4, -0.2) is 13.0 Å². The topological polar surface area (TPSA) is 33.1 Å². The molecule has 0 heterocycles. The predicted molar refractivity (Wildman–Crippen MR) is 70.5 cm³/mol. The highest BCUT2D eigenvalue weighted by Crippen LogP contribution is 2.20. The van der Waals surface area contributed by atoms with E-state index >= 15 is 0 Å². The van der Waals surface area contributed by atoms with Gasteiger partial charge in [0.25, 0.3) is 0 Å². The van der Waals surface area contributed by atoms with E-state index in [9.17, 15) is 0 Å². The predicted octanol–water partition coefficient (Wildman–Crippen LogP) is 3.63. The average molecular weight is 225 g/mol. The van der Waals surface area contributed by atoms with Crippen molar-refractivity contribution < 1.29 is 4.74 Å². The van der Waals surface area contributed by atoms with E-state index in [1.807, 2.05) is 24.3 Å². The Hall–Kier alpha value is -2.09. The molecule has 2 heteroatoms. The third-order valence-electron chi connectivity index (χ3n) is 2.74. The number of hydrogen-bond donors (Lipinski definition) is 1. The van der Waals surface area contributed by atoms with E-state index in [1.165, 1.54) is 18.2 Å². The second-order valence-electron chi connectivity index (χ2n) is 3.98. The highest BCUT2D eigenvalue weighted by molar-refractivity contribution is 5.92. The zero-order chi connectivity index (χ0) is 12.3. The first-order chi connectivity index (χ1) is 8.20. The molecule has 2 nitrogen and oxygen atoms in total. The van der Waals surface area contributed by atoms with Gasteiger partial charge in [-0.1, -0.05) is 42.0 Å². The van der Waals surface area contributed by atoms with Crippen LogP contribution in [0.2, 0.25) is 0 Å². The van der Waals surface area contributed by atoms with Crippen LogP contribution in [0.15, 0.2) is 48.5 Å². The van der Waals surface area contributed by atoms with Gasteiger partial charge in [-0.05, 0) is 30.2 Å². The van der Waals surface area contributed by atoms with E-state index in [1.54, 1.807) is 0 Å². The van der Waals surface area contributed by atoms with Crippen molar-refractivity contribution in [3.63, 3.8) is 0 Å². The van der Waals surface area contributed by atoms with Gasteiger partial charge >= 0.3 is 0 Å². The van der Waals surface area contributed by atoms with Crippen LogP contribution in [0.1, 0.15) is 11.1 Å². The molecule has 0 bridgehead atoms. The first-order valence-electron chi connectivity index (χ1n) is 5.51. The van der Waals surface area contributed by atoms with Crippen molar-refractivity contribution in [1.29, 1.82) is 5.41 Å². The SMILES string of the molecule is COC(=N)c1ccc(-c2ccc(C)cc2)cc1. The van der Waals surface area contributed by atoms with Crippen LogP contribution in [0, 0.1) is 12.3 Å². The fourth-order valence-corrected chi connectivity index (χ4v) is 1.68. The Labute approximate surface area is 101 Å². The van der Waals surface area contributed by atoms with Gasteiger partial charge in [-0.3, -0.25) is 5.41 Å². The maximum Gasteiger partial charge on any atom is 0.212 e. The summed E-state index contributed by atoms with van der Waals surface area (Å²) in [5, 5.41) is 7.56. The van der Waals surface area contributed by atoms with Crippen LogP contribution < -0.4 is 0 Å². The fourth-order valence-electron chi connectivity index (χ4n) is 1.68.